The third-order valence-corrected chi connectivity index (χ3v) is 1.25. The van der Waals surface area contributed by atoms with Gasteiger partial charge in [0, 0.05) is 5.69 Å². The van der Waals surface area contributed by atoms with Gasteiger partial charge in [-0.25, -0.2) is 0 Å². The third-order valence-electron chi connectivity index (χ3n) is 0.933. The fourth-order valence-electron chi connectivity index (χ4n) is 0.554. The minimum atomic E-state index is 0. The number of nitrogens with one attached hydrogen (secondary N) is 1. The van der Waals surface area contributed by atoms with Gasteiger partial charge in [0.1, 0.15) is 0 Å². The molecule has 0 fully saturated rings. The van der Waals surface area contributed by atoms with Gasteiger partial charge in [-0.15, -0.1) is 12.2 Å². The molecule has 0 radical (unpaired) electrons. The number of para-hydroxylation sites is 1. The van der Waals surface area contributed by atoms with Crippen LogP contribution in [0, 0.1) is 0 Å². The zero-order valence-corrected chi connectivity index (χ0v) is 8.52. The Morgan fingerprint density at radius 3 is 2.30 bits per heavy atom. The van der Waals surface area contributed by atoms with Crippen molar-refractivity contribution < 1.29 is 34.1 Å². The zero-order chi connectivity index (χ0) is 6.53. The summed E-state index contributed by atoms with van der Waals surface area (Å²) in [5.74, 6) is 0. The molecule has 0 saturated heterocycles. The number of anilines is 1. The first kappa shape index (κ1) is 10.3. The summed E-state index contributed by atoms with van der Waals surface area (Å²) >= 11 is 0.355. The molecular weight excluding hydrogens is 157 g/mol. The molecule has 0 atom stereocenters. The molecule has 48 valence electrons. The van der Waals surface area contributed by atoms with Crippen LogP contribution in [0.5, 0.6) is 0 Å². The van der Waals surface area contributed by atoms with Crippen LogP contribution in [0.1, 0.15) is 0 Å². The van der Waals surface area contributed by atoms with E-state index in [4.69, 9.17) is 0 Å². The van der Waals surface area contributed by atoms with E-state index in [2.05, 4.69) is 4.72 Å². The van der Waals surface area contributed by atoms with Crippen molar-refractivity contribution in [2.75, 3.05) is 4.72 Å². The van der Waals surface area contributed by atoms with E-state index in [9.17, 15) is 4.55 Å². The maximum Gasteiger partial charge on any atom is 1.00 e. The Labute approximate surface area is 86.7 Å². The van der Waals surface area contributed by atoms with Crippen molar-refractivity contribution in [3.63, 3.8) is 0 Å². The normalized spacial score (nSPS) is 8.10. The topological polar surface area (TPSA) is 35.1 Å². The molecule has 0 aromatic heterocycles. The summed E-state index contributed by atoms with van der Waals surface area (Å²) in [7, 11) is 0. The van der Waals surface area contributed by atoms with Crippen LogP contribution in [0.4, 0.5) is 5.69 Å². The molecule has 10 heavy (non-hydrogen) atoms. The monoisotopic (exact) mass is 163 g/mol. The maximum absolute atomic E-state index is 9.90. The predicted molar refractivity (Wildman–Crippen MR) is 38.4 cm³/mol. The Kier molecular flexibility index (Phi) is 6.27. The van der Waals surface area contributed by atoms with E-state index in [1.807, 2.05) is 30.3 Å². The second-order valence-corrected chi connectivity index (χ2v) is 1.92. The molecule has 4 heteroatoms. The molecule has 0 amide bonds. The molecule has 1 aromatic rings. The Bertz CT molecular complexity index is 171. The average Bonchev–Trinajstić information content (AvgIpc) is 1.91. The molecule has 0 aliphatic heterocycles. The van der Waals surface area contributed by atoms with Crippen LogP contribution < -0.4 is 34.3 Å². The minimum Gasteiger partial charge on any atom is -0.782 e. The van der Waals surface area contributed by atoms with Gasteiger partial charge in [-0.2, -0.15) is 0 Å². The van der Waals surface area contributed by atoms with Gasteiger partial charge in [-0.05, 0) is 12.1 Å². The van der Waals surface area contributed by atoms with Crippen molar-refractivity contribution in [2.24, 2.45) is 0 Å². The van der Waals surface area contributed by atoms with Gasteiger partial charge in [-0.1, -0.05) is 18.2 Å². The number of benzene rings is 1. The van der Waals surface area contributed by atoms with Crippen molar-refractivity contribution in [1.29, 1.82) is 0 Å². The Morgan fingerprint density at radius 1 is 1.20 bits per heavy atom. The van der Waals surface area contributed by atoms with Crippen LogP contribution in [0.25, 0.3) is 0 Å². The van der Waals surface area contributed by atoms with E-state index in [0.717, 1.165) is 5.69 Å². The van der Waals surface area contributed by atoms with Crippen molar-refractivity contribution in [2.45, 2.75) is 0 Å². The molecule has 1 aromatic carbocycles. The van der Waals surface area contributed by atoms with Crippen LogP contribution in [0.2, 0.25) is 0 Å². The summed E-state index contributed by atoms with van der Waals surface area (Å²) in [5, 5.41) is 0. The van der Waals surface area contributed by atoms with Crippen molar-refractivity contribution in [3.05, 3.63) is 30.3 Å². The summed E-state index contributed by atoms with van der Waals surface area (Å²) < 4.78 is 12.5. The fraction of sp³-hybridized carbons (Fsp3) is 0. The van der Waals surface area contributed by atoms with Crippen LogP contribution >= 0.6 is 12.2 Å². The maximum atomic E-state index is 9.90. The van der Waals surface area contributed by atoms with Gasteiger partial charge < -0.3 is 9.27 Å². The van der Waals surface area contributed by atoms with Gasteiger partial charge >= 0.3 is 29.6 Å². The van der Waals surface area contributed by atoms with E-state index < -0.39 is 0 Å². The number of rotatable bonds is 2. The van der Waals surface area contributed by atoms with Crippen molar-refractivity contribution in [1.82, 2.24) is 0 Å². The van der Waals surface area contributed by atoms with E-state index in [-0.39, 0.29) is 29.6 Å². The fourth-order valence-corrected chi connectivity index (χ4v) is 0.787. The first-order chi connectivity index (χ1) is 4.43. The molecule has 0 aliphatic rings. The van der Waals surface area contributed by atoms with Crippen LogP contribution in [-0.4, -0.2) is 4.55 Å². The SMILES string of the molecule is [Na+].[O-]SNc1ccccc1. The number of hydrogen-bond acceptors (Lipinski definition) is 3. The summed E-state index contributed by atoms with van der Waals surface area (Å²) in [6, 6.07) is 9.33. The van der Waals surface area contributed by atoms with E-state index in [1.54, 1.807) is 0 Å². The molecule has 0 saturated carbocycles. The third kappa shape index (κ3) is 3.49. The summed E-state index contributed by atoms with van der Waals surface area (Å²) in [6.45, 7) is 0. The first-order valence-corrected chi connectivity index (χ1v) is 3.27. The van der Waals surface area contributed by atoms with Gasteiger partial charge in [0.25, 0.3) is 0 Å². The molecular formula is C6H6NNaOS. The standard InChI is InChI=1S/C6H7NOS.Na/c8-9-7-6-4-2-1-3-5-6;/h1-5,7-8H;/q;+1/p-1. The molecule has 0 unspecified atom stereocenters. The van der Waals surface area contributed by atoms with Crippen LogP contribution in [0.15, 0.2) is 30.3 Å². The number of hydrogen-bond donors (Lipinski definition) is 1. The minimum absolute atomic E-state index is 0. The second kappa shape index (κ2) is 6.07. The van der Waals surface area contributed by atoms with E-state index in [0.29, 0.717) is 12.2 Å². The summed E-state index contributed by atoms with van der Waals surface area (Å²) in [6.07, 6.45) is 0. The molecule has 0 spiro atoms. The molecule has 1 rings (SSSR count). The smallest absolute Gasteiger partial charge is 0.782 e. The Morgan fingerprint density at radius 2 is 1.80 bits per heavy atom. The van der Waals surface area contributed by atoms with Gasteiger partial charge in [0.15, 0.2) is 0 Å². The van der Waals surface area contributed by atoms with E-state index in [1.165, 1.54) is 0 Å². The summed E-state index contributed by atoms with van der Waals surface area (Å²) in [5.41, 5.74) is 0.845. The molecule has 2 nitrogen and oxygen atoms in total. The van der Waals surface area contributed by atoms with Gasteiger partial charge in [-0.3, -0.25) is 0 Å². The Balaban J connectivity index is 0.000000810. The largest absolute Gasteiger partial charge is 1.00 e. The Hall–Kier alpha value is 0.330. The van der Waals surface area contributed by atoms with Gasteiger partial charge in [0.05, 0.1) is 0 Å². The van der Waals surface area contributed by atoms with Crippen molar-refractivity contribution >= 4 is 17.9 Å². The molecule has 0 bridgehead atoms. The van der Waals surface area contributed by atoms with Crippen LogP contribution in [-0.2, 0) is 0 Å². The average molecular weight is 163 g/mol. The first-order valence-electron chi connectivity index (χ1n) is 2.53. The molecule has 0 heterocycles. The molecule has 1 N–H and O–H groups in total. The summed E-state index contributed by atoms with van der Waals surface area (Å²) in [4.78, 5) is 0. The van der Waals surface area contributed by atoms with Gasteiger partial charge in [0.2, 0.25) is 0 Å². The van der Waals surface area contributed by atoms with Crippen LogP contribution in [0.3, 0.4) is 0 Å². The van der Waals surface area contributed by atoms with Crippen molar-refractivity contribution in [3.8, 4) is 0 Å². The predicted octanol–water partition coefficient (Wildman–Crippen LogP) is -1.12. The second-order valence-electron chi connectivity index (χ2n) is 1.55. The molecule has 0 aliphatic carbocycles. The zero-order valence-electron chi connectivity index (χ0n) is 5.70. The van der Waals surface area contributed by atoms with E-state index >= 15 is 0 Å². The quantitative estimate of drug-likeness (QED) is 0.341.